The molecule has 0 bridgehead atoms. The van der Waals surface area contributed by atoms with Gasteiger partial charge in [0, 0.05) is 51.2 Å². The zero-order chi connectivity index (χ0) is 19.1. The van der Waals surface area contributed by atoms with Crippen molar-refractivity contribution in [3.05, 3.63) is 35.7 Å². The number of aromatic carboxylic acids is 1. The van der Waals surface area contributed by atoms with Crippen LogP contribution in [0.5, 0.6) is 0 Å². The summed E-state index contributed by atoms with van der Waals surface area (Å²) in [6, 6.07) is 0. The number of nitrogens with zero attached hydrogens (tertiary/aromatic N) is 6. The van der Waals surface area contributed by atoms with Gasteiger partial charge in [-0.05, 0) is 26.7 Å². The number of hydrogen-bond acceptors (Lipinski definition) is 5. The molecule has 3 aromatic rings. The molecule has 1 aliphatic rings. The Morgan fingerprint density at radius 3 is 2.93 bits per heavy atom. The van der Waals surface area contributed by atoms with E-state index >= 15 is 0 Å². The summed E-state index contributed by atoms with van der Waals surface area (Å²) in [5, 5.41) is 15.1. The SMILES string of the molecule is CCn1ccnc1[C@H]1CCCN(c2c(C(=O)O)cnc3c2c(C)nn3C)C1. The molecule has 0 saturated carbocycles. The minimum atomic E-state index is -0.958. The molecule has 1 N–H and O–H groups in total. The van der Waals surface area contributed by atoms with Crippen LogP contribution in [0.3, 0.4) is 0 Å². The van der Waals surface area contributed by atoms with Crippen molar-refractivity contribution in [1.82, 2.24) is 24.3 Å². The van der Waals surface area contributed by atoms with E-state index in [2.05, 4.69) is 31.5 Å². The highest BCUT2D eigenvalue weighted by Crippen LogP contribution is 2.36. The average Bonchev–Trinajstić information content (AvgIpc) is 3.25. The van der Waals surface area contributed by atoms with Gasteiger partial charge in [-0.2, -0.15) is 5.10 Å². The van der Waals surface area contributed by atoms with Gasteiger partial charge in [0.2, 0.25) is 0 Å². The molecule has 3 aromatic heterocycles. The van der Waals surface area contributed by atoms with E-state index in [0.29, 0.717) is 5.65 Å². The van der Waals surface area contributed by atoms with Gasteiger partial charge in [0.25, 0.3) is 0 Å². The topological polar surface area (TPSA) is 89.1 Å². The molecular weight excluding hydrogens is 344 g/mol. The predicted molar refractivity (Wildman–Crippen MR) is 102 cm³/mol. The number of fused-ring (bicyclic) bond motifs is 1. The Kier molecular flexibility index (Phi) is 4.33. The summed E-state index contributed by atoms with van der Waals surface area (Å²) in [6.07, 6.45) is 7.35. The Morgan fingerprint density at radius 2 is 2.19 bits per heavy atom. The Hall–Kier alpha value is -2.90. The third kappa shape index (κ3) is 2.85. The van der Waals surface area contributed by atoms with Crippen LogP contribution in [0.15, 0.2) is 18.6 Å². The Labute approximate surface area is 157 Å². The molecule has 27 heavy (non-hydrogen) atoms. The molecule has 1 aliphatic heterocycles. The van der Waals surface area contributed by atoms with E-state index in [1.807, 2.05) is 26.4 Å². The van der Waals surface area contributed by atoms with Crippen molar-refractivity contribution < 1.29 is 9.90 Å². The fourth-order valence-corrected chi connectivity index (χ4v) is 4.22. The summed E-state index contributed by atoms with van der Waals surface area (Å²) in [6.45, 7) is 6.46. The van der Waals surface area contributed by atoms with Crippen LogP contribution in [0.4, 0.5) is 5.69 Å². The molecule has 8 heteroatoms. The molecule has 1 atom stereocenters. The van der Waals surface area contributed by atoms with E-state index < -0.39 is 5.97 Å². The van der Waals surface area contributed by atoms with Crippen molar-refractivity contribution in [3.8, 4) is 0 Å². The van der Waals surface area contributed by atoms with E-state index in [0.717, 1.165) is 55.1 Å². The molecule has 0 aromatic carbocycles. The van der Waals surface area contributed by atoms with Gasteiger partial charge in [-0.3, -0.25) is 4.68 Å². The lowest BCUT2D eigenvalue weighted by molar-refractivity contribution is 0.0697. The summed E-state index contributed by atoms with van der Waals surface area (Å²) in [5.74, 6) is 0.391. The summed E-state index contributed by atoms with van der Waals surface area (Å²) in [5.41, 5.74) is 2.48. The molecule has 8 nitrogen and oxygen atoms in total. The molecule has 1 saturated heterocycles. The maximum absolute atomic E-state index is 11.9. The third-order valence-electron chi connectivity index (χ3n) is 5.42. The standard InChI is InChI=1S/C19H24N6O2/c1-4-24-9-7-20-17(24)13-6-5-8-25(11-13)16-14(19(26)27)10-21-18-15(16)12(2)22-23(18)3/h7,9-10,13H,4-6,8,11H2,1-3H3,(H,26,27)/t13-/m0/s1. The minimum absolute atomic E-state index is 0.234. The molecule has 1 fully saturated rings. The minimum Gasteiger partial charge on any atom is -0.478 e. The summed E-state index contributed by atoms with van der Waals surface area (Å²) < 4.78 is 3.88. The number of pyridine rings is 1. The summed E-state index contributed by atoms with van der Waals surface area (Å²) in [4.78, 5) is 23.0. The predicted octanol–water partition coefficient (Wildman–Crippen LogP) is 2.58. The second-order valence-corrected chi connectivity index (χ2v) is 7.09. The highest BCUT2D eigenvalue weighted by atomic mass is 16.4. The summed E-state index contributed by atoms with van der Waals surface area (Å²) in [7, 11) is 1.84. The van der Waals surface area contributed by atoms with Crippen LogP contribution in [0.25, 0.3) is 11.0 Å². The maximum Gasteiger partial charge on any atom is 0.339 e. The van der Waals surface area contributed by atoms with Crippen molar-refractivity contribution in [3.63, 3.8) is 0 Å². The Bertz CT molecular complexity index is 1010. The highest BCUT2D eigenvalue weighted by Gasteiger charge is 2.30. The van der Waals surface area contributed by atoms with Gasteiger partial charge in [0.05, 0.1) is 16.8 Å². The van der Waals surface area contributed by atoms with Crippen molar-refractivity contribution in [2.45, 2.75) is 39.2 Å². The second-order valence-electron chi connectivity index (χ2n) is 7.09. The van der Waals surface area contributed by atoms with Crippen LogP contribution >= 0.6 is 0 Å². The van der Waals surface area contributed by atoms with Crippen molar-refractivity contribution in [1.29, 1.82) is 0 Å². The monoisotopic (exact) mass is 368 g/mol. The first-order valence-corrected chi connectivity index (χ1v) is 9.32. The van der Waals surface area contributed by atoms with Crippen LogP contribution in [-0.2, 0) is 13.6 Å². The lowest BCUT2D eigenvalue weighted by Crippen LogP contribution is -2.36. The van der Waals surface area contributed by atoms with Crippen LogP contribution < -0.4 is 4.90 Å². The number of rotatable bonds is 4. The molecule has 0 amide bonds. The number of imidazole rings is 1. The number of anilines is 1. The Morgan fingerprint density at radius 1 is 1.37 bits per heavy atom. The van der Waals surface area contributed by atoms with Crippen LogP contribution in [-0.4, -0.2) is 48.5 Å². The number of carboxylic acids is 1. The molecule has 4 rings (SSSR count). The van der Waals surface area contributed by atoms with Gasteiger partial charge >= 0.3 is 5.97 Å². The van der Waals surface area contributed by atoms with Crippen molar-refractivity contribution in [2.24, 2.45) is 7.05 Å². The van der Waals surface area contributed by atoms with Gasteiger partial charge in [-0.25, -0.2) is 14.8 Å². The van der Waals surface area contributed by atoms with Gasteiger partial charge in [0.15, 0.2) is 5.65 Å². The molecule has 0 radical (unpaired) electrons. The number of aryl methyl sites for hydroxylation is 3. The number of carboxylic acid groups (broad SMARTS) is 1. The second kappa shape index (κ2) is 6.68. The normalized spacial score (nSPS) is 17.6. The lowest BCUT2D eigenvalue weighted by atomic mass is 9.95. The molecule has 0 aliphatic carbocycles. The van der Waals surface area contributed by atoms with Crippen LogP contribution in [0.1, 0.15) is 47.6 Å². The van der Waals surface area contributed by atoms with Crippen LogP contribution in [0.2, 0.25) is 0 Å². The molecule has 0 unspecified atom stereocenters. The molecule has 4 heterocycles. The first-order valence-electron chi connectivity index (χ1n) is 9.32. The third-order valence-corrected chi connectivity index (χ3v) is 5.42. The largest absolute Gasteiger partial charge is 0.478 e. The van der Waals surface area contributed by atoms with Gasteiger partial charge in [-0.1, -0.05) is 0 Å². The first-order chi connectivity index (χ1) is 13.0. The van der Waals surface area contributed by atoms with E-state index in [-0.39, 0.29) is 11.5 Å². The number of hydrogen-bond donors (Lipinski definition) is 1. The summed E-state index contributed by atoms with van der Waals surface area (Å²) >= 11 is 0. The zero-order valence-corrected chi connectivity index (χ0v) is 15.9. The van der Waals surface area contributed by atoms with Gasteiger partial charge in [0.1, 0.15) is 11.4 Å². The molecule has 0 spiro atoms. The lowest BCUT2D eigenvalue weighted by Gasteiger charge is -2.35. The number of carbonyl (C=O) groups is 1. The quantitative estimate of drug-likeness (QED) is 0.761. The highest BCUT2D eigenvalue weighted by molar-refractivity contribution is 6.04. The van der Waals surface area contributed by atoms with Crippen molar-refractivity contribution >= 4 is 22.7 Å². The van der Waals surface area contributed by atoms with Crippen molar-refractivity contribution in [2.75, 3.05) is 18.0 Å². The number of piperidine rings is 1. The Balaban J connectivity index is 1.81. The van der Waals surface area contributed by atoms with Gasteiger partial charge in [-0.15, -0.1) is 0 Å². The fraction of sp³-hybridized carbons (Fsp3) is 0.474. The number of aromatic nitrogens is 5. The smallest absolute Gasteiger partial charge is 0.339 e. The maximum atomic E-state index is 11.9. The molecular formula is C19H24N6O2. The fourth-order valence-electron chi connectivity index (χ4n) is 4.22. The van der Waals surface area contributed by atoms with E-state index in [1.165, 1.54) is 6.20 Å². The zero-order valence-electron chi connectivity index (χ0n) is 15.9. The molecule has 142 valence electrons. The first kappa shape index (κ1) is 17.5. The van der Waals surface area contributed by atoms with Gasteiger partial charge < -0.3 is 14.6 Å². The average molecular weight is 368 g/mol. The van der Waals surface area contributed by atoms with E-state index in [4.69, 9.17) is 0 Å². The van der Waals surface area contributed by atoms with Crippen LogP contribution in [0, 0.1) is 6.92 Å². The van der Waals surface area contributed by atoms with E-state index in [9.17, 15) is 9.90 Å². The van der Waals surface area contributed by atoms with E-state index in [1.54, 1.807) is 4.68 Å².